The third kappa shape index (κ3) is 5.67. The molecule has 1 aliphatic heterocycles. The van der Waals surface area contributed by atoms with E-state index in [0.717, 1.165) is 50.8 Å². The Kier molecular flexibility index (Phi) is 7.81. The summed E-state index contributed by atoms with van der Waals surface area (Å²) in [6.07, 6.45) is 5.29. The fourth-order valence-corrected chi connectivity index (χ4v) is 3.62. The molecular formula is C22H30N4O3. The van der Waals surface area contributed by atoms with Crippen LogP contribution in [0.1, 0.15) is 58.0 Å². The molecule has 0 unspecified atom stereocenters. The van der Waals surface area contributed by atoms with E-state index in [2.05, 4.69) is 27.8 Å². The number of hydrogen-bond donors (Lipinski definition) is 2. The van der Waals surface area contributed by atoms with Gasteiger partial charge in [0.1, 0.15) is 5.69 Å². The van der Waals surface area contributed by atoms with E-state index in [1.165, 1.54) is 5.56 Å². The Labute approximate surface area is 171 Å². The molecule has 29 heavy (non-hydrogen) atoms. The van der Waals surface area contributed by atoms with Crippen molar-refractivity contribution in [1.29, 1.82) is 0 Å². The number of carbonyl (C=O) groups excluding carboxylic acids is 2. The van der Waals surface area contributed by atoms with E-state index in [0.29, 0.717) is 31.2 Å². The van der Waals surface area contributed by atoms with Crippen molar-refractivity contribution < 1.29 is 14.3 Å². The van der Waals surface area contributed by atoms with Crippen molar-refractivity contribution in [2.45, 2.75) is 45.1 Å². The number of aromatic nitrogens is 2. The zero-order valence-corrected chi connectivity index (χ0v) is 17.1. The Morgan fingerprint density at radius 2 is 1.83 bits per heavy atom. The molecule has 0 fully saturated rings. The van der Waals surface area contributed by atoms with Crippen LogP contribution in [0.15, 0.2) is 30.3 Å². The van der Waals surface area contributed by atoms with E-state index < -0.39 is 0 Å². The second-order valence-corrected chi connectivity index (χ2v) is 7.29. The quantitative estimate of drug-likeness (QED) is 0.602. The lowest BCUT2D eigenvalue weighted by molar-refractivity contribution is 0.0932. The van der Waals surface area contributed by atoms with Gasteiger partial charge in [-0.25, -0.2) is 4.98 Å². The molecule has 0 saturated heterocycles. The van der Waals surface area contributed by atoms with Gasteiger partial charge in [0.25, 0.3) is 11.8 Å². The van der Waals surface area contributed by atoms with Gasteiger partial charge in [0, 0.05) is 33.4 Å². The first kappa shape index (κ1) is 21.0. The molecule has 0 spiro atoms. The van der Waals surface area contributed by atoms with Crippen molar-refractivity contribution >= 4 is 11.8 Å². The molecule has 0 saturated carbocycles. The lowest BCUT2D eigenvalue weighted by Crippen LogP contribution is -2.29. The van der Waals surface area contributed by atoms with E-state index in [4.69, 9.17) is 4.74 Å². The largest absolute Gasteiger partial charge is 0.385 e. The Morgan fingerprint density at radius 1 is 1.07 bits per heavy atom. The summed E-state index contributed by atoms with van der Waals surface area (Å²) in [4.78, 5) is 29.7. The van der Waals surface area contributed by atoms with E-state index in [-0.39, 0.29) is 11.8 Å². The minimum Gasteiger partial charge on any atom is -0.385 e. The molecule has 2 N–H and O–H groups in total. The van der Waals surface area contributed by atoms with Crippen molar-refractivity contribution in [2.75, 3.05) is 26.8 Å². The van der Waals surface area contributed by atoms with Crippen molar-refractivity contribution in [2.24, 2.45) is 0 Å². The van der Waals surface area contributed by atoms with Crippen LogP contribution in [-0.4, -0.2) is 48.2 Å². The van der Waals surface area contributed by atoms with Crippen LogP contribution < -0.4 is 10.6 Å². The summed E-state index contributed by atoms with van der Waals surface area (Å²) < 4.78 is 6.92. The maximum absolute atomic E-state index is 12.7. The Morgan fingerprint density at radius 3 is 2.62 bits per heavy atom. The number of methoxy groups -OCH3 is 1. The number of ether oxygens (including phenoxy) is 1. The summed E-state index contributed by atoms with van der Waals surface area (Å²) in [5, 5.41) is 5.84. The van der Waals surface area contributed by atoms with Crippen LogP contribution >= 0.6 is 0 Å². The lowest BCUT2D eigenvalue weighted by Gasteiger charge is -2.17. The van der Waals surface area contributed by atoms with E-state index in [1.807, 2.05) is 22.8 Å². The Bertz CT molecular complexity index is 817. The highest BCUT2D eigenvalue weighted by Gasteiger charge is 2.27. The number of carbonyl (C=O) groups is 2. The van der Waals surface area contributed by atoms with Gasteiger partial charge in [0.05, 0.1) is 5.69 Å². The molecule has 7 heteroatoms. The molecule has 1 aromatic carbocycles. The first-order chi connectivity index (χ1) is 14.2. The van der Waals surface area contributed by atoms with Gasteiger partial charge in [-0.3, -0.25) is 9.59 Å². The third-order valence-corrected chi connectivity index (χ3v) is 5.12. The standard InChI is InChI=1S/C22H30N4O3/c1-29-16-8-14-24-22(28)20-25-19(18-12-5-6-15-26(18)20)21(27)23-13-7-11-17-9-3-2-4-10-17/h2-4,9-10H,5-8,11-16H2,1H3,(H,23,27)(H,24,28). The molecule has 2 heterocycles. The molecule has 156 valence electrons. The number of hydrogen-bond acceptors (Lipinski definition) is 4. The van der Waals surface area contributed by atoms with Crippen LogP contribution in [0.3, 0.4) is 0 Å². The van der Waals surface area contributed by atoms with Crippen LogP contribution in [0.25, 0.3) is 0 Å². The van der Waals surface area contributed by atoms with Crippen molar-refractivity contribution in [3.8, 4) is 0 Å². The summed E-state index contributed by atoms with van der Waals surface area (Å²) in [5.41, 5.74) is 2.53. The van der Waals surface area contributed by atoms with Crippen LogP contribution in [0, 0.1) is 0 Å². The Balaban J connectivity index is 1.60. The molecular weight excluding hydrogens is 368 g/mol. The number of rotatable bonds is 10. The number of amides is 2. The monoisotopic (exact) mass is 398 g/mol. The minimum absolute atomic E-state index is 0.192. The Hall–Kier alpha value is -2.67. The maximum Gasteiger partial charge on any atom is 0.287 e. The summed E-state index contributed by atoms with van der Waals surface area (Å²) in [6.45, 7) is 2.43. The van der Waals surface area contributed by atoms with Gasteiger partial charge >= 0.3 is 0 Å². The SMILES string of the molecule is COCCCNC(=O)c1nc(C(=O)NCCCc2ccccc2)c2n1CCCC2. The topological polar surface area (TPSA) is 85.2 Å². The number of fused-ring (bicyclic) bond motifs is 1. The van der Waals surface area contributed by atoms with Crippen LogP contribution in [-0.2, 0) is 24.1 Å². The second kappa shape index (κ2) is 10.8. The molecule has 1 aromatic heterocycles. The van der Waals surface area contributed by atoms with Gasteiger partial charge < -0.3 is 19.9 Å². The molecule has 3 rings (SSSR count). The van der Waals surface area contributed by atoms with E-state index >= 15 is 0 Å². The highest BCUT2D eigenvalue weighted by atomic mass is 16.5. The smallest absolute Gasteiger partial charge is 0.287 e. The number of nitrogens with one attached hydrogen (secondary N) is 2. The maximum atomic E-state index is 12.7. The van der Waals surface area contributed by atoms with E-state index in [1.54, 1.807) is 7.11 Å². The molecule has 1 aliphatic rings. The zero-order chi connectivity index (χ0) is 20.5. The second-order valence-electron chi connectivity index (χ2n) is 7.29. The minimum atomic E-state index is -0.229. The zero-order valence-electron chi connectivity index (χ0n) is 17.1. The molecule has 2 aromatic rings. The van der Waals surface area contributed by atoms with E-state index in [9.17, 15) is 9.59 Å². The normalized spacial score (nSPS) is 13.0. The summed E-state index contributed by atoms with van der Waals surface area (Å²) in [7, 11) is 1.64. The fourth-order valence-electron chi connectivity index (χ4n) is 3.62. The number of nitrogens with zero attached hydrogens (tertiary/aromatic N) is 2. The van der Waals surface area contributed by atoms with Crippen molar-refractivity contribution in [3.63, 3.8) is 0 Å². The number of benzene rings is 1. The first-order valence-electron chi connectivity index (χ1n) is 10.4. The van der Waals surface area contributed by atoms with Crippen molar-refractivity contribution in [3.05, 3.63) is 53.1 Å². The number of imidazole rings is 1. The summed E-state index contributed by atoms with van der Waals surface area (Å²) in [6, 6.07) is 10.2. The first-order valence-corrected chi connectivity index (χ1v) is 10.4. The average Bonchev–Trinajstić information content (AvgIpc) is 3.15. The van der Waals surface area contributed by atoms with Crippen LogP contribution in [0.5, 0.6) is 0 Å². The fraction of sp³-hybridized carbons (Fsp3) is 0.500. The van der Waals surface area contributed by atoms with Crippen molar-refractivity contribution in [1.82, 2.24) is 20.2 Å². The molecule has 2 amide bonds. The number of aryl methyl sites for hydroxylation is 1. The molecule has 0 aliphatic carbocycles. The lowest BCUT2D eigenvalue weighted by atomic mass is 10.1. The van der Waals surface area contributed by atoms with Gasteiger partial charge in [0.2, 0.25) is 0 Å². The van der Waals surface area contributed by atoms with Gasteiger partial charge in [0.15, 0.2) is 5.82 Å². The van der Waals surface area contributed by atoms with Gasteiger partial charge in [-0.05, 0) is 44.1 Å². The van der Waals surface area contributed by atoms with Crippen LogP contribution in [0.2, 0.25) is 0 Å². The third-order valence-electron chi connectivity index (χ3n) is 5.12. The molecule has 0 atom stereocenters. The highest BCUT2D eigenvalue weighted by molar-refractivity contribution is 5.97. The predicted molar refractivity (Wildman–Crippen MR) is 111 cm³/mol. The molecule has 0 bridgehead atoms. The summed E-state index contributed by atoms with van der Waals surface area (Å²) >= 11 is 0. The van der Waals surface area contributed by atoms with Crippen LogP contribution in [0.4, 0.5) is 0 Å². The van der Waals surface area contributed by atoms with Gasteiger partial charge in [-0.15, -0.1) is 0 Å². The average molecular weight is 399 g/mol. The predicted octanol–water partition coefficient (Wildman–Crippen LogP) is 2.35. The molecule has 7 nitrogen and oxygen atoms in total. The summed E-state index contributed by atoms with van der Waals surface area (Å²) in [5.74, 6) is -0.0823. The highest BCUT2D eigenvalue weighted by Crippen LogP contribution is 2.21. The van der Waals surface area contributed by atoms with Gasteiger partial charge in [-0.2, -0.15) is 0 Å². The van der Waals surface area contributed by atoms with Gasteiger partial charge in [-0.1, -0.05) is 30.3 Å². The molecule has 0 radical (unpaired) electrons.